The first kappa shape index (κ1) is 21.0. The number of ether oxygens (including phenoxy) is 3. The van der Waals surface area contributed by atoms with Crippen molar-refractivity contribution in [2.45, 2.75) is 38.9 Å². The molecule has 0 saturated carbocycles. The number of amides is 1. The first-order valence-corrected chi connectivity index (χ1v) is 9.94. The van der Waals surface area contributed by atoms with Crippen LogP contribution in [0.1, 0.15) is 31.9 Å². The summed E-state index contributed by atoms with van der Waals surface area (Å²) in [5.41, 5.74) is 8.47. The van der Waals surface area contributed by atoms with E-state index in [9.17, 15) is 4.79 Å². The van der Waals surface area contributed by atoms with Gasteiger partial charge in [0.2, 0.25) is 0 Å². The van der Waals surface area contributed by atoms with Crippen LogP contribution in [0.3, 0.4) is 0 Å². The third-order valence-corrected chi connectivity index (χ3v) is 4.52. The Balaban J connectivity index is 1.31. The fraction of sp³-hybridized carbons (Fsp3) is 0.435. The van der Waals surface area contributed by atoms with Crippen molar-refractivity contribution in [3.05, 3.63) is 59.7 Å². The summed E-state index contributed by atoms with van der Waals surface area (Å²) in [5.74, 6) is 0.818. The predicted octanol–water partition coefficient (Wildman–Crippen LogP) is 3.87. The van der Waals surface area contributed by atoms with Crippen LogP contribution in [0.2, 0.25) is 0 Å². The Bertz CT molecular complexity index is 791. The zero-order chi connectivity index (χ0) is 20.9. The summed E-state index contributed by atoms with van der Waals surface area (Å²) in [6.45, 7) is 7.67. The molecule has 0 spiro atoms. The fourth-order valence-electron chi connectivity index (χ4n) is 2.97. The van der Waals surface area contributed by atoms with Crippen molar-refractivity contribution < 1.29 is 19.0 Å². The van der Waals surface area contributed by atoms with Crippen molar-refractivity contribution in [3.63, 3.8) is 0 Å². The van der Waals surface area contributed by atoms with Crippen molar-refractivity contribution in [2.24, 2.45) is 0 Å². The largest absolute Gasteiger partial charge is 0.491 e. The van der Waals surface area contributed by atoms with Gasteiger partial charge in [-0.2, -0.15) is 0 Å². The maximum atomic E-state index is 11.9. The van der Waals surface area contributed by atoms with Gasteiger partial charge in [0.05, 0.1) is 25.8 Å². The zero-order valence-electron chi connectivity index (χ0n) is 17.4. The molecule has 0 radical (unpaired) electrons. The first-order valence-electron chi connectivity index (χ1n) is 9.94. The summed E-state index contributed by atoms with van der Waals surface area (Å²) in [6, 6.07) is 16.0. The highest BCUT2D eigenvalue weighted by Crippen LogP contribution is 2.18. The van der Waals surface area contributed by atoms with Gasteiger partial charge in [0.25, 0.3) is 0 Å². The smallest absolute Gasteiger partial charge is 0.410 e. The minimum Gasteiger partial charge on any atom is -0.491 e. The Hall–Kier alpha value is -2.73. The van der Waals surface area contributed by atoms with Crippen LogP contribution in [0.5, 0.6) is 5.75 Å². The topological polar surface area (TPSA) is 74.0 Å². The number of likely N-dealkylation sites (tertiary alicyclic amines) is 1. The van der Waals surface area contributed by atoms with Crippen LogP contribution < -0.4 is 10.5 Å². The van der Waals surface area contributed by atoms with E-state index in [-0.39, 0.29) is 12.2 Å². The Morgan fingerprint density at radius 2 is 1.59 bits per heavy atom. The second-order valence-electron chi connectivity index (χ2n) is 8.29. The third kappa shape index (κ3) is 6.68. The van der Waals surface area contributed by atoms with Gasteiger partial charge in [-0.05, 0) is 62.6 Å². The van der Waals surface area contributed by atoms with E-state index in [4.69, 9.17) is 19.9 Å². The van der Waals surface area contributed by atoms with Crippen molar-refractivity contribution in [1.82, 2.24) is 4.90 Å². The molecule has 156 valence electrons. The number of nitrogens with zero attached hydrogens (tertiary/aromatic N) is 1. The number of hydrogen-bond donors (Lipinski definition) is 1. The van der Waals surface area contributed by atoms with Gasteiger partial charge in [-0.25, -0.2) is 4.79 Å². The van der Waals surface area contributed by atoms with Crippen LogP contribution >= 0.6 is 0 Å². The average molecular weight is 399 g/mol. The van der Waals surface area contributed by atoms with Gasteiger partial charge in [0.15, 0.2) is 0 Å². The van der Waals surface area contributed by atoms with Crippen molar-refractivity contribution in [2.75, 3.05) is 32.0 Å². The zero-order valence-corrected chi connectivity index (χ0v) is 17.4. The molecule has 0 atom stereocenters. The molecular formula is C23H30N2O4. The number of hydrogen-bond acceptors (Lipinski definition) is 5. The van der Waals surface area contributed by atoms with Gasteiger partial charge in [-0.3, -0.25) is 0 Å². The van der Waals surface area contributed by atoms with Crippen LogP contribution in [0, 0.1) is 0 Å². The standard InChI is InChI=1S/C23H30N2O4/c1-23(2,3)29-22(26)25-15-21(16-25)28-13-12-27-20-10-6-18(7-11-20)14-17-4-8-19(24)9-5-17/h4-11,21H,12-16,24H2,1-3H3. The molecule has 1 amide bonds. The number of anilines is 1. The highest BCUT2D eigenvalue weighted by Gasteiger charge is 2.34. The Morgan fingerprint density at radius 1 is 1.00 bits per heavy atom. The summed E-state index contributed by atoms with van der Waals surface area (Å²) >= 11 is 0. The molecule has 1 saturated heterocycles. The van der Waals surface area contributed by atoms with Crippen LogP contribution in [0.4, 0.5) is 10.5 Å². The highest BCUT2D eigenvalue weighted by molar-refractivity contribution is 5.69. The molecule has 1 heterocycles. The summed E-state index contributed by atoms with van der Waals surface area (Å²) in [7, 11) is 0. The quantitative estimate of drug-likeness (QED) is 0.566. The van der Waals surface area contributed by atoms with Crippen LogP contribution in [-0.4, -0.2) is 49.0 Å². The fourth-order valence-corrected chi connectivity index (χ4v) is 2.97. The molecule has 0 unspecified atom stereocenters. The van der Waals surface area contributed by atoms with Gasteiger partial charge < -0.3 is 24.8 Å². The molecule has 3 rings (SSSR count). The van der Waals surface area contributed by atoms with E-state index in [0.717, 1.165) is 17.9 Å². The SMILES string of the molecule is CC(C)(C)OC(=O)N1CC(OCCOc2ccc(Cc3ccc(N)cc3)cc2)C1. The van der Waals surface area contributed by atoms with E-state index < -0.39 is 5.60 Å². The van der Waals surface area contributed by atoms with Gasteiger partial charge in [0, 0.05) is 5.69 Å². The number of nitrogens with two attached hydrogens (primary N) is 1. The van der Waals surface area contributed by atoms with E-state index in [0.29, 0.717) is 26.3 Å². The lowest BCUT2D eigenvalue weighted by atomic mass is 10.0. The molecule has 0 bridgehead atoms. The number of rotatable bonds is 7. The molecule has 2 aromatic carbocycles. The lowest BCUT2D eigenvalue weighted by Crippen LogP contribution is -2.56. The highest BCUT2D eigenvalue weighted by atomic mass is 16.6. The van der Waals surface area contributed by atoms with Gasteiger partial charge in [-0.1, -0.05) is 24.3 Å². The molecule has 0 aliphatic carbocycles. The van der Waals surface area contributed by atoms with Gasteiger partial charge >= 0.3 is 6.09 Å². The molecule has 1 aliphatic heterocycles. The monoisotopic (exact) mass is 398 g/mol. The third-order valence-electron chi connectivity index (χ3n) is 4.52. The minimum atomic E-state index is -0.471. The van der Waals surface area contributed by atoms with Crippen molar-refractivity contribution >= 4 is 11.8 Å². The van der Waals surface area contributed by atoms with Crippen LogP contribution in [0.25, 0.3) is 0 Å². The van der Waals surface area contributed by atoms with Gasteiger partial charge in [-0.15, -0.1) is 0 Å². The molecule has 1 aliphatic rings. The summed E-state index contributed by atoms with van der Waals surface area (Å²) in [4.78, 5) is 13.5. The van der Waals surface area contributed by atoms with E-state index in [1.54, 1.807) is 4.90 Å². The number of benzene rings is 2. The molecule has 0 aromatic heterocycles. The molecule has 2 N–H and O–H groups in total. The maximum Gasteiger partial charge on any atom is 0.410 e. The van der Waals surface area contributed by atoms with E-state index in [2.05, 4.69) is 12.1 Å². The molecule has 6 nitrogen and oxygen atoms in total. The van der Waals surface area contributed by atoms with E-state index >= 15 is 0 Å². The molecule has 6 heteroatoms. The summed E-state index contributed by atoms with van der Waals surface area (Å²) < 4.78 is 16.8. The Kier molecular flexibility index (Phi) is 6.64. The average Bonchev–Trinajstić information content (AvgIpc) is 2.61. The molecule has 29 heavy (non-hydrogen) atoms. The predicted molar refractivity (Wildman–Crippen MR) is 113 cm³/mol. The van der Waals surface area contributed by atoms with E-state index in [1.807, 2.05) is 57.2 Å². The van der Waals surface area contributed by atoms with Crippen molar-refractivity contribution in [1.29, 1.82) is 0 Å². The number of carbonyl (C=O) groups excluding carboxylic acids is 1. The molecule has 2 aromatic rings. The molecule has 1 fully saturated rings. The second-order valence-corrected chi connectivity index (χ2v) is 8.29. The maximum absolute atomic E-state index is 11.9. The second kappa shape index (κ2) is 9.18. The van der Waals surface area contributed by atoms with Crippen molar-refractivity contribution in [3.8, 4) is 5.75 Å². The molecular weight excluding hydrogens is 368 g/mol. The lowest BCUT2D eigenvalue weighted by Gasteiger charge is -2.39. The van der Waals surface area contributed by atoms with Gasteiger partial charge in [0.1, 0.15) is 18.0 Å². The Labute approximate surface area is 172 Å². The normalized spacial score (nSPS) is 14.4. The van der Waals surface area contributed by atoms with Crippen LogP contribution in [-0.2, 0) is 15.9 Å². The van der Waals surface area contributed by atoms with Crippen LogP contribution in [0.15, 0.2) is 48.5 Å². The number of carbonyl (C=O) groups is 1. The minimum absolute atomic E-state index is 0.0494. The number of nitrogen functional groups attached to an aromatic ring is 1. The first-order chi connectivity index (χ1) is 13.8. The lowest BCUT2D eigenvalue weighted by molar-refractivity contribution is -0.0679. The summed E-state index contributed by atoms with van der Waals surface area (Å²) in [5, 5.41) is 0. The Morgan fingerprint density at radius 3 is 2.17 bits per heavy atom. The van der Waals surface area contributed by atoms with E-state index in [1.165, 1.54) is 11.1 Å². The summed E-state index contributed by atoms with van der Waals surface area (Å²) in [6.07, 6.45) is 0.625.